The molecular formula is C38H40N4O2. The van der Waals surface area contributed by atoms with E-state index >= 15 is 0 Å². The highest BCUT2D eigenvalue weighted by atomic mass is 16.2. The smallest absolute Gasteiger partial charge is 0.326 e. The molecule has 4 aromatic carbocycles. The first kappa shape index (κ1) is 28.4. The predicted octanol–water partition coefficient (Wildman–Crippen LogP) is 6.90. The number of nitrogens with one attached hydrogen (secondary N) is 1. The van der Waals surface area contributed by atoms with Crippen LogP contribution in [0.5, 0.6) is 0 Å². The number of piperidine rings is 2. The molecular weight excluding hydrogens is 544 g/mol. The van der Waals surface area contributed by atoms with Gasteiger partial charge in [0.1, 0.15) is 0 Å². The molecule has 5 aromatic rings. The first-order chi connectivity index (χ1) is 21.6. The van der Waals surface area contributed by atoms with Gasteiger partial charge >= 0.3 is 5.69 Å². The average molecular weight is 585 g/mol. The first-order valence-corrected chi connectivity index (χ1v) is 16.0. The molecule has 0 saturated carbocycles. The lowest BCUT2D eigenvalue weighted by atomic mass is 9.70. The molecule has 2 fully saturated rings. The van der Waals surface area contributed by atoms with Crippen molar-refractivity contribution in [1.82, 2.24) is 19.4 Å². The van der Waals surface area contributed by atoms with Crippen LogP contribution in [-0.4, -0.2) is 58.0 Å². The number of likely N-dealkylation sites (tertiary alicyclic amines) is 2. The lowest BCUT2D eigenvalue weighted by molar-refractivity contribution is 0.0643. The number of H-pyrrole nitrogens is 1. The van der Waals surface area contributed by atoms with Crippen LogP contribution in [0.2, 0.25) is 0 Å². The van der Waals surface area contributed by atoms with Crippen molar-refractivity contribution in [2.24, 2.45) is 0 Å². The predicted molar refractivity (Wildman–Crippen MR) is 177 cm³/mol. The monoisotopic (exact) mass is 584 g/mol. The van der Waals surface area contributed by atoms with Gasteiger partial charge in [-0.05, 0) is 85.0 Å². The third kappa shape index (κ3) is 5.62. The summed E-state index contributed by atoms with van der Waals surface area (Å²) < 4.78 is 1.97. The van der Waals surface area contributed by atoms with Gasteiger partial charge in [0.05, 0.1) is 11.0 Å². The second-order valence-electron chi connectivity index (χ2n) is 12.5. The maximum atomic E-state index is 13.7. The van der Waals surface area contributed by atoms with Gasteiger partial charge in [-0.1, -0.05) is 84.9 Å². The third-order valence-corrected chi connectivity index (χ3v) is 10.1. The quantitative estimate of drug-likeness (QED) is 0.226. The van der Waals surface area contributed by atoms with Crippen molar-refractivity contribution in [2.45, 2.75) is 43.6 Å². The van der Waals surface area contributed by atoms with Crippen LogP contribution in [0.15, 0.2) is 114 Å². The van der Waals surface area contributed by atoms with Crippen LogP contribution in [-0.2, 0) is 5.41 Å². The summed E-state index contributed by atoms with van der Waals surface area (Å²) in [5.41, 5.74) is 6.32. The second kappa shape index (κ2) is 12.3. The molecule has 44 heavy (non-hydrogen) atoms. The summed E-state index contributed by atoms with van der Waals surface area (Å²) in [7, 11) is 0. The lowest BCUT2D eigenvalue weighted by Crippen LogP contribution is -2.47. The lowest BCUT2D eigenvalue weighted by Gasteiger charge is -2.44. The molecule has 2 aliphatic heterocycles. The van der Waals surface area contributed by atoms with E-state index in [1.165, 1.54) is 5.56 Å². The number of hydrogen-bond donors (Lipinski definition) is 1. The topological polar surface area (TPSA) is 61.3 Å². The fourth-order valence-corrected chi connectivity index (χ4v) is 7.47. The van der Waals surface area contributed by atoms with Crippen molar-refractivity contribution in [3.8, 4) is 11.1 Å². The largest absolute Gasteiger partial charge is 0.339 e. The fourth-order valence-electron chi connectivity index (χ4n) is 7.47. The van der Waals surface area contributed by atoms with E-state index in [-0.39, 0.29) is 23.1 Å². The van der Waals surface area contributed by atoms with Crippen LogP contribution >= 0.6 is 0 Å². The Morgan fingerprint density at radius 3 is 2.16 bits per heavy atom. The van der Waals surface area contributed by atoms with Gasteiger partial charge < -0.3 is 14.8 Å². The van der Waals surface area contributed by atoms with Crippen LogP contribution in [0, 0.1) is 0 Å². The fraction of sp³-hybridized carbons (Fsp3) is 0.316. The molecule has 0 spiro atoms. The number of benzene rings is 4. The van der Waals surface area contributed by atoms with Gasteiger partial charge in [-0.15, -0.1) is 0 Å². The minimum Gasteiger partial charge on any atom is -0.339 e. The number of imidazole rings is 1. The highest BCUT2D eigenvalue weighted by molar-refractivity contribution is 5.95. The van der Waals surface area contributed by atoms with Crippen molar-refractivity contribution in [1.29, 1.82) is 0 Å². The van der Waals surface area contributed by atoms with E-state index in [1.807, 2.05) is 65.2 Å². The summed E-state index contributed by atoms with van der Waals surface area (Å²) in [5.74, 6) is 0.124. The van der Waals surface area contributed by atoms with E-state index < -0.39 is 0 Å². The molecule has 6 nitrogen and oxygen atoms in total. The number of rotatable bonds is 7. The second-order valence-corrected chi connectivity index (χ2v) is 12.5. The zero-order valence-electron chi connectivity index (χ0n) is 25.2. The molecule has 3 heterocycles. The number of aromatic amines is 1. The molecule has 224 valence electrons. The minimum atomic E-state index is 0.000722. The summed E-state index contributed by atoms with van der Waals surface area (Å²) in [5, 5.41) is 0. The summed E-state index contributed by atoms with van der Waals surface area (Å²) in [6.45, 7) is 4.52. The van der Waals surface area contributed by atoms with Crippen LogP contribution in [0.4, 0.5) is 0 Å². The van der Waals surface area contributed by atoms with Crippen molar-refractivity contribution in [3.05, 3.63) is 131 Å². The zero-order chi connectivity index (χ0) is 29.9. The Hall–Kier alpha value is -4.42. The maximum absolute atomic E-state index is 13.7. The number of aromatic nitrogens is 2. The van der Waals surface area contributed by atoms with Crippen LogP contribution in [0.25, 0.3) is 22.2 Å². The Morgan fingerprint density at radius 2 is 1.41 bits per heavy atom. The highest BCUT2D eigenvalue weighted by Gasteiger charge is 2.38. The van der Waals surface area contributed by atoms with Crippen LogP contribution in [0.3, 0.4) is 0 Å². The van der Waals surface area contributed by atoms with Crippen LogP contribution in [0.1, 0.15) is 54.1 Å². The Balaban J connectivity index is 1.01. The summed E-state index contributed by atoms with van der Waals surface area (Å²) in [6.07, 6.45) is 4.94. The Bertz CT molecular complexity index is 1780. The molecule has 0 radical (unpaired) electrons. The van der Waals surface area contributed by atoms with E-state index in [0.29, 0.717) is 0 Å². The van der Waals surface area contributed by atoms with Gasteiger partial charge in [0.15, 0.2) is 0 Å². The normalized spacial score (nSPS) is 17.6. The number of para-hydroxylation sites is 2. The van der Waals surface area contributed by atoms with Crippen molar-refractivity contribution in [3.63, 3.8) is 0 Å². The number of carbonyl (C=O) groups is 1. The molecule has 0 unspecified atom stereocenters. The van der Waals surface area contributed by atoms with E-state index in [1.54, 1.807) is 0 Å². The molecule has 0 bridgehead atoms. The minimum absolute atomic E-state index is 0.000722. The van der Waals surface area contributed by atoms with Crippen molar-refractivity contribution >= 4 is 16.9 Å². The van der Waals surface area contributed by atoms with Gasteiger partial charge in [0.2, 0.25) is 0 Å². The summed E-state index contributed by atoms with van der Waals surface area (Å²) in [6, 6.07) is 37.5. The van der Waals surface area contributed by atoms with E-state index in [2.05, 4.69) is 63.3 Å². The van der Waals surface area contributed by atoms with Crippen molar-refractivity contribution in [2.75, 3.05) is 32.7 Å². The molecule has 6 heteroatoms. The Morgan fingerprint density at radius 1 is 0.750 bits per heavy atom. The summed E-state index contributed by atoms with van der Waals surface area (Å²) in [4.78, 5) is 34.1. The number of amides is 1. The van der Waals surface area contributed by atoms with E-state index in [4.69, 9.17) is 0 Å². The van der Waals surface area contributed by atoms with Gasteiger partial charge in [0.25, 0.3) is 5.91 Å². The molecule has 0 aliphatic carbocycles. The first-order valence-electron chi connectivity index (χ1n) is 16.0. The maximum Gasteiger partial charge on any atom is 0.326 e. The average Bonchev–Trinajstić information content (AvgIpc) is 3.44. The van der Waals surface area contributed by atoms with Gasteiger partial charge in [-0.3, -0.25) is 9.36 Å². The standard InChI is InChI=1S/C38H40N4O2/c43-36(31-13-9-12-30(28-31)29-10-3-1-4-11-29)41-26-21-38(22-27-41,32-14-5-2-6-15-32)20-25-40-23-18-33(19-24-40)42-35-17-8-7-16-34(35)39-37(42)44/h1-17,28,33H,18-27H2,(H,39,44). The van der Waals surface area contributed by atoms with Crippen LogP contribution < -0.4 is 5.69 Å². The summed E-state index contributed by atoms with van der Waals surface area (Å²) >= 11 is 0. The SMILES string of the molecule is O=C(c1cccc(-c2ccccc2)c1)N1CCC(CCN2CCC(n3c(=O)[nH]c4ccccc43)CC2)(c2ccccc2)CC1. The molecule has 1 amide bonds. The highest BCUT2D eigenvalue weighted by Crippen LogP contribution is 2.40. The Kier molecular flexibility index (Phi) is 7.92. The third-order valence-electron chi connectivity index (χ3n) is 10.1. The van der Waals surface area contributed by atoms with E-state index in [9.17, 15) is 9.59 Å². The van der Waals surface area contributed by atoms with Gasteiger partial charge in [0, 0.05) is 37.8 Å². The molecule has 7 rings (SSSR count). The van der Waals surface area contributed by atoms with E-state index in [0.717, 1.165) is 92.6 Å². The van der Waals surface area contributed by atoms with Crippen molar-refractivity contribution < 1.29 is 4.79 Å². The molecule has 2 saturated heterocycles. The number of carbonyl (C=O) groups excluding carboxylic acids is 1. The number of nitrogens with zero attached hydrogens (tertiary/aromatic N) is 3. The number of hydrogen-bond acceptors (Lipinski definition) is 3. The Labute approximate surface area is 258 Å². The number of fused-ring (bicyclic) bond motifs is 1. The molecule has 1 aromatic heterocycles. The molecule has 1 N–H and O–H groups in total. The molecule has 2 aliphatic rings. The van der Waals surface area contributed by atoms with Gasteiger partial charge in [-0.25, -0.2) is 4.79 Å². The molecule has 0 atom stereocenters. The zero-order valence-corrected chi connectivity index (χ0v) is 25.2. The van der Waals surface area contributed by atoms with Gasteiger partial charge in [-0.2, -0.15) is 0 Å².